The Hall–Kier alpha value is -1.63. The van der Waals surface area contributed by atoms with Crippen LogP contribution >= 0.6 is 0 Å². The van der Waals surface area contributed by atoms with Crippen molar-refractivity contribution in [1.82, 2.24) is 29.9 Å². The second kappa shape index (κ2) is 10.1. The molecule has 1 aromatic rings. The van der Waals surface area contributed by atoms with Gasteiger partial charge >= 0.3 is 0 Å². The monoisotopic (exact) mass is 415 g/mol. The van der Waals surface area contributed by atoms with Gasteiger partial charge in [0, 0.05) is 52.2 Å². The summed E-state index contributed by atoms with van der Waals surface area (Å²) in [5, 5.41) is 12.4. The average Bonchev–Trinajstić information content (AvgIpc) is 3.00. The lowest BCUT2D eigenvalue weighted by Gasteiger charge is -2.43. The van der Waals surface area contributed by atoms with E-state index in [0.29, 0.717) is 6.54 Å². The van der Waals surface area contributed by atoms with Gasteiger partial charge in [-0.25, -0.2) is 0 Å². The van der Waals surface area contributed by atoms with Gasteiger partial charge in [0.05, 0.1) is 6.54 Å². The van der Waals surface area contributed by atoms with Gasteiger partial charge in [0.25, 0.3) is 0 Å². The molecule has 0 unspecified atom stereocenters. The zero-order chi connectivity index (χ0) is 20.9. The zero-order valence-corrected chi connectivity index (χ0v) is 19.3. The van der Waals surface area contributed by atoms with Gasteiger partial charge < -0.3 is 14.8 Å². The number of rotatable bonds is 4. The van der Waals surface area contributed by atoms with Gasteiger partial charge in [-0.05, 0) is 50.4 Å². The molecule has 2 aliphatic heterocycles. The quantitative estimate of drug-likeness (QED) is 0.605. The Bertz CT molecular complexity index is 694. The van der Waals surface area contributed by atoms with Crippen LogP contribution in [0, 0.1) is 11.8 Å². The number of piperazine rings is 1. The fourth-order valence-corrected chi connectivity index (χ4v) is 5.60. The third kappa shape index (κ3) is 4.98. The van der Waals surface area contributed by atoms with Crippen LogP contribution in [-0.2, 0) is 19.5 Å². The number of aromatic nitrogens is 3. The van der Waals surface area contributed by atoms with Crippen LogP contribution in [0.2, 0.25) is 0 Å². The number of guanidine groups is 1. The van der Waals surface area contributed by atoms with Crippen molar-refractivity contribution in [3.63, 3.8) is 0 Å². The molecule has 3 aliphatic rings. The Balaban J connectivity index is 1.25. The lowest BCUT2D eigenvalue weighted by molar-refractivity contribution is 0.0864. The Kier molecular flexibility index (Phi) is 7.28. The molecule has 0 amide bonds. The predicted octanol–water partition coefficient (Wildman–Crippen LogP) is 2.91. The van der Waals surface area contributed by atoms with Crippen molar-refractivity contribution < 1.29 is 0 Å². The smallest absolute Gasteiger partial charge is 0.194 e. The summed E-state index contributed by atoms with van der Waals surface area (Å²) < 4.78 is 2.32. The first-order valence-corrected chi connectivity index (χ1v) is 12.3. The van der Waals surface area contributed by atoms with Crippen molar-refractivity contribution in [2.24, 2.45) is 16.8 Å². The van der Waals surface area contributed by atoms with E-state index in [1.165, 1.54) is 44.9 Å². The molecule has 4 rings (SSSR count). The van der Waals surface area contributed by atoms with E-state index in [4.69, 9.17) is 0 Å². The molecule has 7 nitrogen and oxygen atoms in total. The number of aliphatic imine (C=N–C) groups is 1. The van der Waals surface area contributed by atoms with Crippen molar-refractivity contribution in [3.05, 3.63) is 11.6 Å². The summed E-state index contributed by atoms with van der Waals surface area (Å²) in [7, 11) is 1.90. The van der Waals surface area contributed by atoms with Gasteiger partial charge in [-0.2, -0.15) is 0 Å². The molecule has 7 heteroatoms. The molecule has 1 aliphatic carbocycles. The van der Waals surface area contributed by atoms with Crippen molar-refractivity contribution in [3.8, 4) is 0 Å². The minimum absolute atomic E-state index is 0.707. The molecule has 0 atom stereocenters. The Morgan fingerprint density at radius 2 is 1.77 bits per heavy atom. The molecular weight excluding hydrogens is 374 g/mol. The SMILES string of the molecule is CN=C(NCc1nnc2n1CCCCC2)N1CCN(C2CCC(C(C)C)CC2)CC1. The van der Waals surface area contributed by atoms with Crippen LogP contribution in [0.15, 0.2) is 4.99 Å². The summed E-state index contributed by atoms with van der Waals surface area (Å²) in [6, 6.07) is 0.795. The van der Waals surface area contributed by atoms with Crippen LogP contribution in [0.4, 0.5) is 0 Å². The fraction of sp³-hybridized carbons (Fsp3) is 0.870. The van der Waals surface area contributed by atoms with Crippen molar-refractivity contribution in [2.45, 2.75) is 84.3 Å². The molecule has 0 radical (unpaired) electrons. The molecule has 30 heavy (non-hydrogen) atoms. The van der Waals surface area contributed by atoms with Crippen LogP contribution in [0.1, 0.15) is 70.4 Å². The van der Waals surface area contributed by atoms with E-state index in [1.54, 1.807) is 0 Å². The highest BCUT2D eigenvalue weighted by atomic mass is 15.4. The molecule has 0 spiro atoms. The highest BCUT2D eigenvalue weighted by molar-refractivity contribution is 5.79. The largest absolute Gasteiger partial charge is 0.349 e. The van der Waals surface area contributed by atoms with E-state index in [0.717, 1.165) is 74.6 Å². The molecule has 0 aromatic carbocycles. The molecule has 1 saturated carbocycles. The van der Waals surface area contributed by atoms with Crippen LogP contribution in [0.5, 0.6) is 0 Å². The van der Waals surface area contributed by atoms with E-state index in [2.05, 4.69) is 48.7 Å². The first-order valence-electron chi connectivity index (χ1n) is 12.3. The van der Waals surface area contributed by atoms with Gasteiger partial charge in [-0.3, -0.25) is 9.89 Å². The molecule has 168 valence electrons. The van der Waals surface area contributed by atoms with E-state index in [1.807, 2.05) is 7.05 Å². The third-order valence-electron chi connectivity index (χ3n) is 7.62. The molecule has 1 saturated heterocycles. The number of hydrogen-bond donors (Lipinski definition) is 1. The Morgan fingerprint density at radius 3 is 2.47 bits per heavy atom. The molecule has 1 N–H and O–H groups in total. The number of hydrogen-bond acceptors (Lipinski definition) is 4. The molecule has 2 fully saturated rings. The summed E-state index contributed by atoms with van der Waals surface area (Å²) >= 11 is 0. The van der Waals surface area contributed by atoms with Crippen LogP contribution in [0.25, 0.3) is 0 Å². The van der Waals surface area contributed by atoms with Gasteiger partial charge in [0.2, 0.25) is 0 Å². The van der Waals surface area contributed by atoms with E-state index in [9.17, 15) is 0 Å². The minimum Gasteiger partial charge on any atom is -0.349 e. The third-order valence-corrected chi connectivity index (χ3v) is 7.62. The lowest BCUT2D eigenvalue weighted by atomic mass is 9.79. The summed E-state index contributed by atoms with van der Waals surface area (Å²) in [4.78, 5) is 9.71. The van der Waals surface area contributed by atoms with Gasteiger partial charge in [0.15, 0.2) is 11.8 Å². The normalized spacial score (nSPS) is 26.5. The first-order chi connectivity index (χ1) is 14.7. The summed E-state index contributed by atoms with van der Waals surface area (Å²) in [6.45, 7) is 11.0. The summed E-state index contributed by atoms with van der Waals surface area (Å²) in [5.74, 6) is 4.99. The maximum absolute atomic E-state index is 4.56. The maximum Gasteiger partial charge on any atom is 0.194 e. The van der Waals surface area contributed by atoms with E-state index >= 15 is 0 Å². The van der Waals surface area contributed by atoms with Crippen molar-refractivity contribution in [1.29, 1.82) is 0 Å². The topological polar surface area (TPSA) is 61.6 Å². The van der Waals surface area contributed by atoms with Gasteiger partial charge in [-0.1, -0.05) is 20.3 Å². The number of nitrogens with one attached hydrogen (secondary N) is 1. The van der Waals surface area contributed by atoms with Gasteiger partial charge in [-0.15, -0.1) is 10.2 Å². The van der Waals surface area contributed by atoms with Gasteiger partial charge in [0.1, 0.15) is 5.82 Å². The standard InChI is InChI=1S/C23H41N7/c1-18(2)19-8-10-20(11-9-19)28-13-15-29(16-14-28)23(24-3)25-17-22-27-26-21-7-5-4-6-12-30(21)22/h18-20H,4-17H2,1-3H3,(H,24,25). The van der Waals surface area contributed by atoms with E-state index < -0.39 is 0 Å². The zero-order valence-electron chi connectivity index (χ0n) is 19.3. The van der Waals surface area contributed by atoms with Crippen LogP contribution < -0.4 is 5.32 Å². The number of fused-ring (bicyclic) bond motifs is 1. The second-order valence-corrected chi connectivity index (χ2v) is 9.73. The first kappa shape index (κ1) is 21.6. The van der Waals surface area contributed by atoms with Crippen LogP contribution in [0.3, 0.4) is 0 Å². The molecule has 0 bridgehead atoms. The molecule has 3 heterocycles. The highest BCUT2D eigenvalue weighted by Crippen LogP contribution is 2.32. The summed E-state index contributed by atoms with van der Waals surface area (Å²) in [5.41, 5.74) is 0. The molecular formula is C23H41N7. The fourth-order valence-electron chi connectivity index (χ4n) is 5.60. The lowest BCUT2D eigenvalue weighted by Crippen LogP contribution is -2.55. The van der Waals surface area contributed by atoms with Crippen molar-refractivity contribution in [2.75, 3.05) is 33.2 Å². The Labute approximate surface area is 182 Å². The number of nitrogens with zero attached hydrogens (tertiary/aromatic N) is 6. The average molecular weight is 416 g/mol. The minimum atomic E-state index is 0.707. The van der Waals surface area contributed by atoms with E-state index in [-0.39, 0.29) is 0 Å². The Morgan fingerprint density at radius 1 is 1.00 bits per heavy atom. The molecule has 1 aromatic heterocycles. The second-order valence-electron chi connectivity index (χ2n) is 9.73. The highest BCUT2D eigenvalue weighted by Gasteiger charge is 2.30. The summed E-state index contributed by atoms with van der Waals surface area (Å²) in [6.07, 6.45) is 10.4. The predicted molar refractivity (Wildman–Crippen MR) is 122 cm³/mol. The van der Waals surface area contributed by atoms with Crippen molar-refractivity contribution >= 4 is 5.96 Å². The number of aryl methyl sites for hydroxylation is 1. The van der Waals surface area contributed by atoms with Crippen LogP contribution in [-0.4, -0.2) is 69.8 Å². The maximum atomic E-state index is 4.56.